The number of nitrogens with zero attached hydrogens (tertiary/aromatic N) is 3. The molecule has 0 amide bonds. The molecule has 0 spiro atoms. The zero-order valence-corrected chi connectivity index (χ0v) is 12.4. The summed E-state index contributed by atoms with van der Waals surface area (Å²) in [5, 5.41) is 0. The monoisotopic (exact) mass is 266 g/mol. The molecule has 0 saturated carbocycles. The van der Waals surface area contributed by atoms with E-state index in [2.05, 4.69) is 42.6 Å². The number of hydrogen-bond acceptors (Lipinski definition) is 4. The van der Waals surface area contributed by atoms with Gasteiger partial charge in [0.15, 0.2) is 5.82 Å². The topological polar surface area (TPSA) is 55.0 Å². The van der Waals surface area contributed by atoms with E-state index in [4.69, 9.17) is 18.0 Å². The van der Waals surface area contributed by atoms with Crippen molar-refractivity contribution in [3.63, 3.8) is 0 Å². The molecule has 18 heavy (non-hydrogen) atoms. The molecule has 0 aliphatic rings. The zero-order chi connectivity index (χ0) is 13.7. The number of anilines is 1. The van der Waals surface area contributed by atoms with E-state index >= 15 is 0 Å². The Morgan fingerprint density at radius 1 is 1.17 bits per heavy atom. The van der Waals surface area contributed by atoms with Crippen LogP contribution in [0.25, 0.3) is 0 Å². The Morgan fingerprint density at radius 3 is 2.11 bits per heavy atom. The molecule has 0 radical (unpaired) electrons. The molecule has 0 aromatic carbocycles. The van der Waals surface area contributed by atoms with Crippen LogP contribution in [-0.4, -0.2) is 28.0 Å². The Hall–Kier alpha value is -1.23. The number of nitrogens with two attached hydrogens (primary N) is 1. The van der Waals surface area contributed by atoms with Gasteiger partial charge in [-0.25, -0.2) is 9.97 Å². The highest BCUT2D eigenvalue weighted by molar-refractivity contribution is 7.80. The molecule has 2 N–H and O–H groups in total. The smallest absolute Gasteiger partial charge is 0.157 e. The van der Waals surface area contributed by atoms with Gasteiger partial charge in [0.1, 0.15) is 10.7 Å². The van der Waals surface area contributed by atoms with E-state index in [-0.39, 0.29) is 0 Å². The van der Waals surface area contributed by atoms with Gasteiger partial charge in [0.05, 0.1) is 0 Å². The van der Waals surface area contributed by atoms with Gasteiger partial charge in [0.2, 0.25) is 0 Å². The lowest BCUT2D eigenvalue weighted by molar-refractivity contribution is 0.548. The van der Waals surface area contributed by atoms with Crippen molar-refractivity contribution in [2.75, 3.05) is 18.0 Å². The van der Waals surface area contributed by atoms with E-state index in [9.17, 15) is 0 Å². The third-order valence-electron chi connectivity index (χ3n) is 2.38. The molecule has 1 heterocycles. The molecule has 5 heteroatoms. The van der Waals surface area contributed by atoms with E-state index < -0.39 is 0 Å². The second-order valence-corrected chi connectivity index (χ2v) is 5.73. The minimum absolute atomic E-state index is 0.301. The highest BCUT2D eigenvalue weighted by atomic mass is 32.1. The van der Waals surface area contributed by atoms with Crippen molar-refractivity contribution in [3.8, 4) is 0 Å². The summed E-state index contributed by atoms with van der Waals surface area (Å²) in [6.45, 7) is 10.6. The van der Waals surface area contributed by atoms with Crippen molar-refractivity contribution in [1.29, 1.82) is 0 Å². The van der Waals surface area contributed by atoms with Crippen LogP contribution in [0.4, 0.5) is 5.82 Å². The normalized spacial score (nSPS) is 11.0. The lowest BCUT2D eigenvalue weighted by atomic mass is 10.1. The number of aromatic nitrogens is 2. The average molecular weight is 266 g/mol. The van der Waals surface area contributed by atoms with Gasteiger partial charge >= 0.3 is 0 Å². The van der Waals surface area contributed by atoms with Crippen molar-refractivity contribution >= 4 is 23.0 Å². The van der Waals surface area contributed by atoms with Crippen molar-refractivity contribution in [2.45, 2.75) is 27.7 Å². The number of thiocarbonyl (C=S) groups is 1. The fraction of sp³-hybridized carbons (Fsp3) is 0.615. The average Bonchev–Trinajstić information content (AvgIpc) is 2.26. The van der Waals surface area contributed by atoms with E-state index in [1.54, 1.807) is 12.4 Å². The number of hydrogen-bond donors (Lipinski definition) is 1. The first-order chi connectivity index (χ1) is 8.41. The zero-order valence-electron chi connectivity index (χ0n) is 11.6. The third-order valence-corrected chi connectivity index (χ3v) is 2.58. The van der Waals surface area contributed by atoms with Crippen LogP contribution in [0.3, 0.4) is 0 Å². The second-order valence-electron chi connectivity index (χ2n) is 5.29. The molecular weight excluding hydrogens is 244 g/mol. The van der Waals surface area contributed by atoms with Gasteiger partial charge in [0.25, 0.3) is 0 Å². The predicted octanol–water partition coefficient (Wildman–Crippen LogP) is 2.23. The largest absolute Gasteiger partial charge is 0.388 e. The summed E-state index contributed by atoms with van der Waals surface area (Å²) in [6, 6.07) is 0. The van der Waals surface area contributed by atoms with Crippen molar-refractivity contribution < 1.29 is 0 Å². The number of rotatable bonds is 6. The molecule has 0 aliphatic carbocycles. The van der Waals surface area contributed by atoms with Crippen LogP contribution in [0.5, 0.6) is 0 Å². The Kier molecular flexibility index (Phi) is 5.47. The Labute approximate surface area is 115 Å². The van der Waals surface area contributed by atoms with Crippen LogP contribution in [0.15, 0.2) is 12.4 Å². The summed E-state index contributed by atoms with van der Waals surface area (Å²) in [5.74, 6) is 1.89. The Morgan fingerprint density at radius 2 is 1.67 bits per heavy atom. The van der Waals surface area contributed by atoms with Crippen molar-refractivity contribution in [3.05, 3.63) is 18.1 Å². The van der Waals surface area contributed by atoms with Gasteiger partial charge in [-0.05, 0) is 11.8 Å². The highest BCUT2D eigenvalue weighted by Gasteiger charge is 2.17. The van der Waals surface area contributed by atoms with Crippen LogP contribution in [0, 0.1) is 11.8 Å². The van der Waals surface area contributed by atoms with Gasteiger partial charge in [-0.15, -0.1) is 0 Å². The van der Waals surface area contributed by atoms with Gasteiger partial charge in [-0.3, -0.25) is 0 Å². The molecule has 4 nitrogen and oxygen atoms in total. The minimum atomic E-state index is 0.301. The molecule has 0 bridgehead atoms. The molecule has 100 valence electrons. The maximum absolute atomic E-state index is 5.72. The fourth-order valence-corrected chi connectivity index (χ4v) is 2.01. The quantitative estimate of drug-likeness (QED) is 0.800. The summed E-state index contributed by atoms with van der Waals surface area (Å²) in [4.78, 5) is 11.2. The SMILES string of the molecule is CC(C)CN(CC(C)C)c1nccnc1C(N)=S. The van der Waals surface area contributed by atoms with E-state index in [1.807, 2.05) is 0 Å². The molecule has 0 fully saturated rings. The van der Waals surface area contributed by atoms with Crippen LogP contribution >= 0.6 is 12.2 Å². The van der Waals surface area contributed by atoms with E-state index in [0.717, 1.165) is 18.9 Å². The van der Waals surface area contributed by atoms with Gasteiger partial charge in [-0.2, -0.15) is 0 Å². The summed E-state index contributed by atoms with van der Waals surface area (Å²) < 4.78 is 0. The molecule has 0 saturated heterocycles. The maximum atomic E-state index is 5.72. The molecule has 1 aromatic rings. The van der Waals surface area contributed by atoms with E-state index in [0.29, 0.717) is 22.5 Å². The standard InChI is InChI=1S/C13H22N4S/c1-9(2)7-17(8-10(3)4)13-11(12(14)18)15-5-6-16-13/h5-6,9-10H,7-8H2,1-4H3,(H2,14,18). The molecule has 1 aromatic heterocycles. The molecular formula is C13H22N4S. The van der Waals surface area contributed by atoms with Crippen LogP contribution < -0.4 is 10.6 Å². The van der Waals surface area contributed by atoms with Gasteiger partial charge in [-0.1, -0.05) is 39.9 Å². The summed E-state index contributed by atoms with van der Waals surface area (Å²) >= 11 is 5.04. The Balaban J connectivity index is 3.07. The fourth-order valence-electron chi connectivity index (χ4n) is 1.86. The van der Waals surface area contributed by atoms with Gasteiger partial charge in [0, 0.05) is 25.5 Å². The first-order valence-corrected chi connectivity index (χ1v) is 6.68. The minimum Gasteiger partial charge on any atom is -0.388 e. The molecule has 0 unspecified atom stereocenters. The molecule has 0 atom stereocenters. The highest BCUT2D eigenvalue weighted by Crippen LogP contribution is 2.18. The Bertz CT molecular complexity index is 394. The first-order valence-electron chi connectivity index (χ1n) is 6.27. The maximum Gasteiger partial charge on any atom is 0.157 e. The lowest BCUT2D eigenvalue weighted by Gasteiger charge is -2.28. The predicted molar refractivity (Wildman–Crippen MR) is 79.8 cm³/mol. The lowest BCUT2D eigenvalue weighted by Crippen LogP contribution is -2.34. The second kappa shape index (κ2) is 6.64. The summed E-state index contributed by atoms with van der Waals surface area (Å²) in [5.41, 5.74) is 6.34. The van der Waals surface area contributed by atoms with Gasteiger partial charge < -0.3 is 10.6 Å². The van der Waals surface area contributed by atoms with Crippen LogP contribution in [0.1, 0.15) is 33.4 Å². The summed E-state index contributed by atoms with van der Waals surface area (Å²) in [6.07, 6.45) is 3.31. The van der Waals surface area contributed by atoms with Crippen molar-refractivity contribution in [2.24, 2.45) is 17.6 Å². The molecule has 1 rings (SSSR count). The first kappa shape index (κ1) is 14.8. The van der Waals surface area contributed by atoms with Crippen molar-refractivity contribution in [1.82, 2.24) is 9.97 Å². The third kappa shape index (κ3) is 4.22. The summed E-state index contributed by atoms with van der Waals surface area (Å²) in [7, 11) is 0. The van der Waals surface area contributed by atoms with Crippen LogP contribution in [0.2, 0.25) is 0 Å². The molecule has 0 aliphatic heterocycles. The van der Waals surface area contributed by atoms with Crippen LogP contribution in [-0.2, 0) is 0 Å². The van der Waals surface area contributed by atoms with E-state index in [1.165, 1.54) is 0 Å².